The van der Waals surface area contributed by atoms with Crippen LogP contribution in [-0.4, -0.2) is 16.2 Å². The number of halogens is 3. The van der Waals surface area contributed by atoms with Gasteiger partial charge in [0.2, 0.25) is 0 Å². The molecule has 0 saturated heterocycles. The highest BCUT2D eigenvalue weighted by Crippen LogP contribution is 2.61. The zero-order valence-corrected chi connectivity index (χ0v) is 23.6. The highest BCUT2D eigenvalue weighted by atomic mass is 35.5. The molecule has 1 N–H and O–H groups in total. The maximum Gasteiger partial charge on any atom is 0.335 e. The Kier molecular flexibility index (Phi) is 6.78. The van der Waals surface area contributed by atoms with Crippen LogP contribution in [0.4, 0.5) is 0 Å². The fraction of sp³-hybridized carbons (Fsp3) is 0.258. The van der Waals surface area contributed by atoms with Crippen LogP contribution in [0.15, 0.2) is 59.1 Å². The predicted molar refractivity (Wildman–Crippen MR) is 153 cm³/mol. The molecular formula is C31H23Cl3N2O4. The monoisotopic (exact) mass is 592 g/mol. The molecule has 2 unspecified atom stereocenters. The molecule has 9 heteroatoms. The van der Waals surface area contributed by atoms with Gasteiger partial charge >= 0.3 is 5.97 Å². The van der Waals surface area contributed by atoms with Gasteiger partial charge < -0.3 is 14.4 Å². The topological polar surface area (TPSA) is 96.3 Å². The van der Waals surface area contributed by atoms with E-state index in [1.54, 1.807) is 42.5 Å². The highest BCUT2D eigenvalue weighted by molar-refractivity contribution is 6.39. The van der Waals surface area contributed by atoms with Crippen LogP contribution in [0.2, 0.25) is 15.1 Å². The summed E-state index contributed by atoms with van der Waals surface area (Å²) < 4.78 is 11.9. The molecule has 4 aromatic rings. The molecule has 0 radical (unpaired) electrons. The summed E-state index contributed by atoms with van der Waals surface area (Å²) in [4.78, 5) is 11.6. The Morgan fingerprint density at radius 1 is 1.12 bits per heavy atom. The van der Waals surface area contributed by atoms with Gasteiger partial charge in [-0.1, -0.05) is 58.2 Å². The van der Waals surface area contributed by atoms with Crippen LogP contribution in [0.1, 0.15) is 69.5 Å². The molecule has 1 heterocycles. The van der Waals surface area contributed by atoms with E-state index >= 15 is 0 Å². The molecule has 2 saturated carbocycles. The highest BCUT2D eigenvalue weighted by Gasteiger charge is 2.58. The first-order chi connectivity index (χ1) is 19.2. The second-order valence-electron chi connectivity index (χ2n) is 10.5. The molecule has 1 aromatic heterocycles. The summed E-state index contributed by atoms with van der Waals surface area (Å²) in [7, 11) is 0. The van der Waals surface area contributed by atoms with Crippen molar-refractivity contribution >= 4 is 40.8 Å². The molecular weight excluding hydrogens is 571 g/mol. The predicted octanol–water partition coefficient (Wildman–Crippen LogP) is 8.71. The second-order valence-corrected chi connectivity index (χ2v) is 11.7. The van der Waals surface area contributed by atoms with Gasteiger partial charge in [0.05, 0.1) is 32.7 Å². The van der Waals surface area contributed by atoms with E-state index in [0.29, 0.717) is 44.1 Å². The van der Waals surface area contributed by atoms with E-state index in [0.717, 1.165) is 35.3 Å². The lowest BCUT2D eigenvalue weighted by atomic mass is 9.91. The van der Waals surface area contributed by atoms with Gasteiger partial charge in [0.25, 0.3) is 0 Å². The van der Waals surface area contributed by atoms with Gasteiger partial charge in [-0.2, -0.15) is 5.26 Å². The molecule has 202 valence electrons. The molecule has 2 atom stereocenters. The zero-order chi connectivity index (χ0) is 28.2. The van der Waals surface area contributed by atoms with Crippen molar-refractivity contribution in [3.05, 3.63) is 103 Å². The van der Waals surface area contributed by atoms with Crippen molar-refractivity contribution in [2.24, 2.45) is 0 Å². The largest absolute Gasteiger partial charge is 0.489 e. The normalized spacial score (nSPS) is 19.7. The third kappa shape index (κ3) is 4.73. The summed E-state index contributed by atoms with van der Waals surface area (Å²) in [6.45, 7) is 2.02. The number of benzene rings is 3. The van der Waals surface area contributed by atoms with E-state index in [9.17, 15) is 15.2 Å². The Balaban J connectivity index is 1.26. The number of nitriles is 1. The molecule has 0 aliphatic heterocycles. The van der Waals surface area contributed by atoms with E-state index in [1.807, 2.05) is 19.1 Å². The molecule has 0 bridgehead atoms. The molecule has 2 fully saturated rings. The lowest BCUT2D eigenvalue weighted by Crippen LogP contribution is -2.09. The third-order valence-electron chi connectivity index (χ3n) is 7.68. The SMILES string of the molecule is Cc1cc(C(=O)O)cc(C2CC2(C#N)c2ccc(OCc3c(-c4c(Cl)cccc4Cl)noc3C3CC3)cc2Cl)c1. The van der Waals surface area contributed by atoms with Gasteiger partial charge in [-0.3, -0.25) is 0 Å². The summed E-state index contributed by atoms with van der Waals surface area (Å²) in [5.74, 6) is 0.447. The second kappa shape index (κ2) is 10.2. The van der Waals surface area contributed by atoms with Crippen LogP contribution in [0.25, 0.3) is 11.3 Å². The Hall–Kier alpha value is -3.50. The smallest absolute Gasteiger partial charge is 0.335 e. The van der Waals surface area contributed by atoms with Crippen LogP contribution in [-0.2, 0) is 12.0 Å². The van der Waals surface area contributed by atoms with Crippen molar-refractivity contribution in [3.8, 4) is 23.1 Å². The Morgan fingerprint density at radius 2 is 1.88 bits per heavy atom. The summed E-state index contributed by atoms with van der Waals surface area (Å²) in [5.41, 5.74) is 3.68. The van der Waals surface area contributed by atoms with Gasteiger partial charge in [0.1, 0.15) is 23.8 Å². The minimum Gasteiger partial charge on any atom is -0.489 e. The standard InChI is InChI=1S/C31H23Cl3N2O4/c1-16-9-18(11-19(10-16)30(37)38)23-13-31(23,15-35)22-8-7-20(12-26(22)34)39-14-21-28(36-40-29(21)17-5-6-17)27-24(32)3-2-4-25(27)33/h2-4,7-12,17,23H,5-6,13-14H2,1H3,(H,37,38). The quantitative estimate of drug-likeness (QED) is 0.219. The van der Waals surface area contributed by atoms with Crippen LogP contribution in [0.5, 0.6) is 5.75 Å². The Morgan fingerprint density at radius 3 is 2.52 bits per heavy atom. The van der Waals surface area contributed by atoms with Crippen LogP contribution in [0.3, 0.4) is 0 Å². The molecule has 3 aromatic carbocycles. The fourth-order valence-electron chi connectivity index (χ4n) is 5.44. The summed E-state index contributed by atoms with van der Waals surface area (Å²) in [6, 6.07) is 18.2. The van der Waals surface area contributed by atoms with E-state index in [-0.39, 0.29) is 24.0 Å². The van der Waals surface area contributed by atoms with Crippen molar-refractivity contribution in [2.75, 3.05) is 0 Å². The maximum atomic E-state index is 11.6. The van der Waals surface area contributed by atoms with Crippen molar-refractivity contribution in [1.29, 1.82) is 5.26 Å². The summed E-state index contributed by atoms with van der Waals surface area (Å²) in [5, 5.41) is 25.3. The fourth-order valence-corrected chi connectivity index (χ4v) is 6.35. The van der Waals surface area contributed by atoms with E-state index in [2.05, 4.69) is 11.2 Å². The average Bonchev–Trinajstić information content (AvgIpc) is 3.85. The number of aryl methyl sites for hydroxylation is 1. The number of ether oxygens (including phenoxy) is 1. The number of nitrogens with zero attached hydrogens (tertiary/aromatic N) is 2. The minimum atomic E-state index is -0.995. The van der Waals surface area contributed by atoms with Crippen LogP contribution >= 0.6 is 34.8 Å². The first kappa shape index (κ1) is 26.7. The van der Waals surface area contributed by atoms with Crippen molar-refractivity contribution < 1.29 is 19.2 Å². The zero-order valence-electron chi connectivity index (χ0n) is 21.4. The molecule has 2 aliphatic rings. The number of aromatic nitrogens is 1. The summed E-state index contributed by atoms with van der Waals surface area (Å²) >= 11 is 19.7. The van der Waals surface area contributed by atoms with Crippen molar-refractivity contribution in [3.63, 3.8) is 0 Å². The van der Waals surface area contributed by atoms with E-state index in [1.165, 1.54) is 0 Å². The molecule has 40 heavy (non-hydrogen) atoms. The van der Waals surface area contributed by atoms with Gasteiger partial charge in [-0.05, 0) is 79.3 Å². The average molecular weight is 594 g/mol. The number of hydrogen-bond acceptors (Lipinski definition) is 5. The number of hydrogen-bond donors (Lipinski definition) is 1. The third-order valence-corrected chi connectivity index (χ3v) is 8.62. The molecule has 0 amide bonds. The number of aromatic carboxylic acids is 1. The molecule has 6 nitrogen and oxygen atoms in total. The van der Waals surface area contributed by atoms with E-state index < -0.39 is 11.4 Å². The van der Waals surface area contributed by atoms with Crippen LogP contribution < -0.4 is 4.74 Å². The van der Waals surface area contributed by atoms with Gasteiger partial charge in [0, 0.05) is 22.4 Å². The van der Waals surface area contributed by atoms with Crippen LogP contribution in [0, 0.1) is 18.3 Å². The van der Waals surface area contributed by atoms with Gasteiger partial charge in [-0.25, -0.2) is 4.79 Å². The number of carboxylic acids is 1. The first-order valence-electron chi connectivity index (χ1n) is 12.8. The lowest BCUT2D eigenvalue weighted by Gasteiger charge is -2.15. The molecule has 6 rings (SSSR count). The van der Waals surface area contributed by atoms with Gasteiger partial charge in [0.15, 0.2) is 0 Å². The Labute approximate surface area is 246 Å². The molecule has 0 spiro atoms. The Bertz CT molecular complexity index is 1690. The minimum absolute atomic E-state index is 0.152. The molecule has 2 aliphatic carbocycles. The lowest BCUT2D eigenvalue weighted by molar-refractivity contribution is 0.0696. The number of rotatable bonds is 8. The van der Waals surface area contributed by atoms with E-state index in [4.69, 9.17) is 44.1 Å². The first-order valence-corrected chi connectivity index (χ1v) is 14.0. The summed E-state index contributed by atoms with van der Waals surface area (Å²) in [6.07, 6.45) is 2.59. The van der Waals surface area contributed by atoms with Crippen molar-refractivity contribution in [2.45, 2.75) is 50.0 Å². The maximum absolute atomic E-state index is 11.6. The van der Waals surface area contributed by atoms with Crippen molar-refractivity contribution in [1.82, 2.24) is 5.16 Å². The van der Waals surface area contributed by atoms with Gasteiger partial charge in [-0.15, -0.1) is 0 Å². The number of carbonyl (C=O) groups is 1. The number of carboxylic acid groups (broad SMARTS) is 1.